The number of pyridine rings is 2. The van der Waals surface area contributed by atoms with E-state index in [4.69, 9.17) is 0 Å². The number of fused-ring (bicyclic) bond motifs is 1. The Bertz CT molecular complexity index is 1510. The molecule has 0 bridgehead atoms. The zero-order valence-electron chi connectivity index (χ0n) is 19.2. The van der Waals surface area contributed by atoms with Crippen LogP contribution in [0.1, 0.15) is 20.8 Å². The van der Waals surface area contributed by atoms with Gasteiger partial charge in [0.05, 0.1) is 16.1 Å². The highest BCUT2D eigenvalue weighted by molar-refractivity contribution is 7.92. The molecule has 2 amide bonds. The minimum absolute atomic E-state index is 0.0396. The van der Waals surface area contributed by atoms with Gasteiger partial charge >= 0.3 is 0 Å². The van der Waals surface area contributed by atoms with Gasteiger partial charge in [0.15, 0.2) is 0 Å². The summed E-state index contributed by atoms with van der Waals surface area (Å²) < 4.78 is 28.5. The quantitative estimate of drug-likeness (QED) is 0.450. The van der Waals surface area contributed by atoms with Crippen molar-refractivity contribution in [1.82, 2.24) is 19.8 Å². The average Bonchev–Trinajstić information content (AvgIpc) is 2.93. The third-order valence-corrected chi connectivity index (χ3v) is 7.41. The summed E-state index contributed by atoms with van der Waals surface area (Å²) >= 11 is 0. The summed E-state index contributed by atoms with van der Waals surface area (Å²) in [6.45, 7) is 1.56. The number of benzene rings is 2. The van der Waals surface area contributed by atoms with Crippen molar-refractivity contribution < 1.29 is 18.0 Å². The first kappa shape index (κ1) is 23.4. The number of hydrogen-bond donors (Lipinski definition) is 1. The van der Waals surface area contributed by atoms with Gasteiger partial charge in [-0.2, -0.15) is 0 Å². The Balaban J connectivity index is 1.24. The van der Waals surface area contributed by atoms with Crippen molar-refractivity contribution in [3.63, 3.8) is 0 Å². The number of anilines is 1. The first-order chi connectivity index (χ1) is 17.4. The number of nitrogens with zero attached hydrogens (tertiary/aromatic N) is 4. The van der Waals surface area contributed by atoms with Gasteiger partial charge in [0, 0.05) is 49.5 Å². The van der Waals surface area contributed by atoms with E-state index < -0.39 is 10.0 Å². The fourth-order valence-corrected chi connectivity index (χ4v) is 5.18. The predicted octanol–water partition coefficient (Wildman–Crippen LogP) is 3.03. The van der Waals surface area contributed by atoms with Crippen molar-refractivity contribution in [3.8, 4) is 0 Å². The van der Waals surface area contributed by atoms with Crippen molar-refractivity contribution in [1.29, 1.82) is 0 Å². The maximum atomic E-state index is 13.0. The first-order valence-corrected chi connectivity index (χ1v) is 12.9. The molecule has 0 atom stereocenters. The third-order valence-electron chi connectivity index (χ3n) is 6.03. The van der Waals surface area contributed by atoms with E-state index in [9.17, 15) is 18.0 Å². The number of amides is 2. The van der Waals surface area contributed by atoms with Gasteiger partial charge < -0.3 is 9.80 Å². The summed E-state index contributed by atoms with van der Waals surface area (Å²) in [6, 6.07) is 19.9. The molecule has 2 aromatic carbocycles. The Morgan fingerprint density at radius 1 is 0.722 bits per heavy atom. The molecular formula is C26H23N5O4S. The van der Waals surface area contributed by atoms with Crippen molar-refractivity contribution >= 4 is 38.4 Å². The van der Waals surface area contributed by atoms with E-state index in [1.807, 2.05) is 12.1 Å². The molecule has 1 saturated heterocycles. The fraction of sp³-hybridized carbons (Fsp3) is 0.154. The van der Waals surface area contributed by atoms with Gasteiger partial charge in [-0.3, -0.25) is 24.3 Å². The maximum absolute atomic E-state index is 13.0. The lowest BCUT2D eigenvalue weighted by atomic mass is 10.1. The van der Waals surface area contributed by atoms with E-state index in [0.717, 1.165) is 5.39 Å². The summed E-state index contributed by atoms with van der Waals surface area (Å²) in [5.41, 5.74) is 1.69. The van der Waals surface area contributed by atoms with E-state index in [1.54, 1.807) is 58.6 Å². The molecule has 0 spiro atoms. The second kappa shape index (κ2) is 9.74. The molecule has 9 nitrogen and oxygen atoms in total. The molecule has 1 aliphatic rings. The van der Waals surface area contributed by atoms with Crippen LogP contribution in [-0.2, 0) is 10.0 Å². The van der Waals surface area contributed by atoms with E-state index in [-0.39, 0.29) is 16.7 Å². The van der Waals surface area contributed by atoms with E-state index in [0.29, 0.717) is 48.6 Å². The van der Waals surface area contributed by atoms with Crippen LogP contribution in [0.15, 0.2) is 90.1 Å². The van der Waals surface area contributed by atoms with Gasteiger partial charge in [0.2, 0.25) is 0 Å². The number of carbonyl (C=O) groups is 2. The molecule has 0 aliphatic carbocycles. The second-order valence-electron chi connectivity index (χ2n) is 8.31. The van der Waals surface area contributed by atoms with Crippen molar-refractivity contribution in [2.75, 3.05) is 30.9 Å². The molecule has 4 aromatic rings. The van der Waals surface area contributed by atoms with Crippen LogP contribution in [0.4, 0.5) is 5.69 Å². The Morgan fingerprint density at radius 3 is 2.08 bits per heavy atom. The van der Waals surface area contributed by atoms with E-state index in [2.05, 4.69) is 14.7 Å². The zero-order valence-corrected chi connectivity index (χ0v) is 20.1. The topological polar surface area (TPSA) is 113 Å². The number of nitrogens with one attached hydrogen (secondary N) is 1. The van der Waals surface area contributed by atoms with Gasteiger partial charge in [-0.05, 0) is 48.5 Å². The summed E-state index contributed by atoms with van der Waals surface area (Å²) in [6.07, 6.45) is 3.18. The molecule has 0 radical (unpaired) electrons. The molecule has 1 fully saturated rings. The van der Waals surface area contributed by atoms with Crippen LogP contribution in [0.3, 0.4) is 0 Å². The molecule has 2 aromatic heterocycles. The number of sulfonamides is 1. The van der Waals surface area contributed by atoms with Gasteiger partial charge in [0.1, 0.15) is 5.69 Å². The number of carbonyl (C=O) groups excluding carboxylic acids is 2. The third kappa shape index (κ3) is 4.76. The zero-order chi connectivity index (χ0) is 25.1. The SMILES string of the molecule is O=C(c1ccc(S(=O)(=O)Nc2cccc3cccnc23)cc1)N1CCN(C(=O)c2ccccn2)CC1. The van der Waals surface area contributed by atoms with Gasteiger partial charge in [-0.25, -0.2) is 8.42 Å². The number of piperazine rings is 1. The largest absolute Gasteiger partial charge is 0.335 e. The molecule has 0 unspecified atom stereocenters. The Labute approximate surface area is 208 Å². The molecule has 36 heavy (non-hydrogen) atoms. The molecule has 1 N–H and O–H groups in total. The molecule has 0 saturated carbocycles. The molecule has 3 heterocycles. The van der Waals surface area contributed by atoms with Crippen LogP contribution in [0.5, 0.6) is 0 Å². The molecule has 10 heteroatoms. The standard InChI is InChI=1S/C26H23N5O4S/c32-25(30-15-17-31(18-16-30)26(33)23-7-1-2-13-27-23)20-9-11-21(12-10-20)36(34,35)29-22-8-3-5-19-6-4-14-28-24(19)22/h1-14,29H,15-18H2. The number of rotatable bonds is 5. The maximum Gasteiger partial charge on any atom is 0.272 e. The lowest BCUT2D eigenvalue weighted by molar-refractivity contribution is 0.0532. The van der Waals surface area contributed by atoms with Gasteiger partial charge in [-0.1, -0.05) is 24.3 Å². The Kier molecular flexibility index (Phi) is 6.34. The number of para-hydroxylation sites is 1. The van der Waals surface area contributed by atoms with E-state index in [1.165, 1.54) is 24.3 Å². The molecule has 182 valence electrons. The first-order valence-electron chi connectivity index (χ1n) is 11.4. The van der Waals surface area contributed by atoms with Crippen LogP contribution in [0.2, 0.25) is 0 Å². The Hall–Kier alpha value is -4.31. The smallest absolute Gasteiger partial charge is 0.272 e. The minimum Gasteiger partial charge on any atom is -0.335 e. The summed E-state index contributed by atoms with van der Waals surface area (Å²) in [7, 11) is -3.88. The number of hydrogen-bond acceptors (Lipinski definition) is 6. The highest BCUT2D eigenvalue weighted by Crippen LogP contribution is 2.24. The van der Waals surface area contributed by atoms with Crippen LogP contribution in [-0.4, -0.2) is 66.2 Å². The fourth-order valence-electron chi connectivity index (χ4n) is 4.11. The van der Waals surface area contributed by atoms with Gasteiger partial charge in [-0.15, -0.1) is 0 Å². The van der Waals surface area contributed by atoms with Crippen LogP contribution < -0.4 is 4.72 Å². The lowest BCUT2D eigenvalue weighted by Gasteiger charge is -2.34. The van der Waals surface area contributed by atoms with Crippen molar-refractivity contribution in [2.24, 2.45) is 0 Å². The minimum atomic E-state index is -3.88. The molecular weight excluding hydrogens is 478 g/mol. The Morgan fingerprint density at radius 2 is 1.39 bits per heavy atom. The molecule has 1 aliphatic heterocycles. The number of aromatic nitrogens is 2. The second-order valence-corrected chi connectivity index (χ2v) is 9.99. The average molecular weight is 502 g/mol. The summed E-state index contributed by atoms with van der Waals surface area (Å²) in [5.74, 6) is -0.374. The predicted molar refractivity (Wildman–Crippen MR) is 135 cm³/mol. The monoisotopic (exact) mass is 501 g/mol. The summed E-state index contributed by atoms with van der Waals surface area (Å²) in [5, 5.41) is 0.820. The van der Waals surface area contributed by atoms with Gasteiger partial charge in [0.25, 0.3) is 21.8 Å². The highest BCUT2D eigenvalue weighted by Gasteiger charge is 2.26. The van der Waals surface area contributed by atoms with Crippen molar-refractivity contribution in [2.45, 2.75) is 4.90 Å². The summed E-state index contributed by atoms with van der Waals surface area (Å²) in [4.78, 5) is 37.3. The van der Waals surface area contributed by atoms with Crippen molar-refractivity contribution in [3.05, 3.63) is 96.4 Å². The molecule has 5 rings (SSSR count). The van der Waals surface area contributed by atoms with Crippen LogP contribution in [0, 0.1) is 0 Å². The van der Waals surface area contributed by atoms with Crippen LogP contribution >= 0.6 is 0 Å². The van der Waals surface area contributed by atoms with Crippen LogP contribution in [0.25, 0.3) is 10.9 Å². The van der Waals surface area contributed by atoms with E-state index >= 15 is 0 Å². The normalized spacial score (nSPS) is 14.0. The highest BCUT2D eigenvalue weighted by atomic mass is 32.2. The lowest BCUT2D eigenvalue weighted by Crippen LogP contribution is -2.50.